The van der Waals surface area contributed by atoms with Gasteiger partial charge in [-0.3, -0.25) is 9.59 Å². The second kappa shape index (κ2) is 9.77. The number of anilines is 1. The van der Waals surface area contributed by atoms with Gasteiger partial charge in [0.1, 0.15) is 11.6 Å². The highest BCUT2D eigenvalue weighted by Gasteiger charge is 2.21. The van der Waals surface area contributed by atoms with Gasteiger partial charge < -0.3 is 10.2 Å². The molecule has 3 aromatic rings. The Bertz CT molecular complexity index is 1090. The summed E-state index contributed by atoms with van der Waals surface area (Å²) in [6, 6.07) is 15.7. The lowest BCUT2D eigenvalue weighted by atomic mass is 10.1. The molecule has 1 aliphatic heterocycles. The number of halogens is 1. The number of likely N-dealkylation sites (tertiary alicyclic amines) is 1. The maximum Gasteiger partial charge on any atom is 0.225 e. The van der Waals surface area contributed by atoms with Gasteiger partial charge in [0, 0.05) is 31.5 Å². The summed E-state index contributed by atoms with van der Waals surface area (Å²) in [5, 5.41) is 7.62. The molecule has 0 atom stereocenters. The maximum atomic E-state index is 13.4. The highest BCUT2D eigenvalue weighted by molar-refractivity contribution is 5.95. The molecule has 1 N–H and O–H groups in total. The van der Waals surface area contributed by atoms with Crippen molar-refractivity contribution in [2.75, 3.05) is 18.4 Å². The molecule has 0 spiro atoms. The number of nitrogens with one attached hydrogen (secondary N) is 1. The Morgan fingerprint density at radius 2 is 1.69 bits per heavy atom. The molecule has 2 aromatic carbocycles. The number of benzene rings is 2. The number of rotatable bonds is 7. The smallest absolute Gasteiger partial charge is 0.225 e. The van der Waals surface area contributed by atoms with Gasteiger partial charge in [0.25, 0.3) is 0 Å². The molecule has 7 heteroatoms. The number of carbonyl (C=O) groups is 2. The molecular formula is C25H27FN4O2. The summed E-state index contributed by atoms with van der Waals surface area (Å²) in [5.74, 6) is 0.137. The first-order valence-electron chi connectivity index (χ1n) is 11.0. The van der Waals surface area contributed by atoms with E-state index in [1.807, 2.05) is 42.2 Å². The van der Waals surface area contributed by atoms with Crippen molar-refractivity contribution in [2.45, 2.75) is 39.0 Å². The predicted octanol–water partition coefficient (Wildman–Crippen LogP) is 4.72. The summed E-state index contributed by atoms with van der Waals surface area (Å²) in [4.78, 5) is 26.9. The van der Waals surface area contributed by atoms with Gasteiger partial charge in [-0.15, -0.1) is 0 Å². The zero-order valence-electron chi connectivity index (χ0n) is 18.2. The van der Waals surface area contributed by atoms with Crippen LogP contribution < -0.4 is 5.32 Å². The van der Waals surface area contributed by atoms with E-state index in [9.17, 15) is 14.0 Å². The molecule has 2 heterocycles. The minimum atomic E-state index is -0.339. The van der Waals surface area contributed by atoms with E-state index in [0.29, 0.717) is 24.3 Å². The van der Waals surface area contributed by atoms with Crippen molar-refractivity contribution < 1.29 is 14.0 Å². The van der Waals surface area contributed by atoms with Crippen molar-refractivity contribution in [2.24, 2.45) is 0 Å². The molecule has 0 bridgehead atoms. The molecule has 4 rings (SSSR count). The number of aromatic nitrogens is 2. The Labute approximate surface area is 187 Å². The zero-order chi connectivity index (χ0) is 22.5. The topological polar surface area (TPSA) is 67.2 Å². The van der Waals surface area contributed by atoms with Crippen molar-refractivity contribution >= 4 is 17.6 Å². The molecular weight excluding hydrogens is 407 g/mol. The van der Waals surface area contributed by atoms with Crippen LogP contribution in [0.3, 0.4) is 0 Å². The van der Waals surface area contributed by atoms with E-state index in [-0.39, 0.29) is 24.1 Å². The average Bonchev–Trinajstić information content (AvgIpc) is 3.43. The minimum absolute atomic E-state index is 0.118. The van der Waals surface area contributed by atoms with Gasteiger partial charge in [-0.25, -0.2) is 9.07 Å². The third kappa shape index (κ3) is 4.88. The van der Waals surface area contributed by atoms with Crippen LogP contribution in [-0.2, 0) is 9.59 Å². The van der Waals surface area contributed by atoms with E-state index < -0.39 is 0 Å². The zero-order valence-corrected chi connectivity index (χ0v) is 18.2. The largest absolute Gasteiger partial charge is 0.343 e. The van der Waals surface area contributed by atoms with E-state index in [1.54, 1.807) is 16.8 Å². The van der Waals surface area contributed by atoms with Crippen LogP contribution in [0.5, 0.6) is 0 Å². The first kappa shape index (κ1) is 21.7. The van der Waals surface area contributed by atoms with Crippen molar-refractivity contribution in [1.29, 1.82) is 0 Å². The van der Waals surface area contributed by atoms with Crippen LogP contribution in [0, 0.1) is 12.7 Å². The second-order valence-corrected chi connectivity index (χ2v) is 8.05. The summed E-state index contributed by atoms with van der Waals surface area (Å²) in [6.07, 6.45) is 3.21. The van der Waals surface area contributed by atoms with Crippen molar-refractivity contribution in [3.63, 3.8) is 0 Å². The summed E-state index contributed by atoms with van der Waals surface area (Å²) >= 11 is 0. The van der Waals surface area contributed by atoms with Crippen LogP contribution >= 0.6 is 0 Å². The molecule has 1 saturated heterocycles. The second-order valence-electron chi connectivity index (χ2n) is 8.05. The normalized spacial score (nSPS) is 13.4. The summed E-state index contributed by atoms with van der Waals surface area (Å²) in [7, 11) is 0. The summed E-state index contributed by atoms with van der Waals surface area (Å²) < 4.78 is 15.1. The number of aryl methyl sites for hydroxylation is 1. The molecule has 32 heavy (non-hydrogen) atoms. The minimum Gasteiger partial charge on any atom is -0.343 e. The summed E-state index contributed by atoms with van der Waals surface area (Å²) in [5.41, 5.74) is 3.14. The number of amides is 2. The molecule has 166 valence electrons. The highest BCUT2D eigenvalue weighted by atomic mass is 19.1. The molecule has 0 unspecified atom stereocenters. The summed E-state index contributed by atoms with van der Waals surface area (Å²) in [6.45, 7) is 3.52. The molecule has 6 nitrogen and oxygen atoms in total. The van der Waals surface area contributed by atoms with Crippen molar-refractivity contribution in [3.05, 3.63) is 66.1 Å². The number of hydrogen-bond donors (Lipinski definition) is 1. The van der Waals surface area contributed by atoms with Crippen LogP contribution in [-0.4, -0.2) is 39.6 Å². The van der Waals surface area contributed by atoms with Gasteiger partial charge in [0.2, 0.25) is 11.8 Å². The van der Waals surface area contributed by atoms with Crippen molar-refractivity contribution in [1.82, 2.24) is 14.7 Å². The monoisotopic (exact) mass is 434 g/mol. The number of hydrogen-bond acceptors (Lipinski definition) is 3. The Hall–Kier alpha value is -3.48. The standard InChI is InChI=1S/C25H27FN4O2/c1-18-24(19-8-3-2-4-9-19)25(30(28-18)21-14-12-20(26)13-15-21)27-22(31)10-7-11-23(32)29-16-5-6-17-29/h2-4,8-9,12-15H,5-7,10-11,16-17H2,1H3,(H,27,31). The van der Waals surface area contributed by atoms with Gasteiger partial charge in [-0.2, -0.15) is 5.10 Å². The molecule has 0 saturated carbocycles. The fraction of sp³-hybridized carbons (Fsp3) is 0.320. The fourth-order valence-electron chi connectivity index (χ4n) is 4.08. The Morgan fingerprint density at radius 1 is 1.00 bits per heavy atom. The van der Waals surface area contributed by atoms with Crippen LogP contribution in [0.25, 0.3) is 16.8 Å². The first-order valence-corrected chi connectivity index (χ1v) is 11.0. The Morgan fingerprint density at radius 3 is 2.38 bits per heavy atom. The molecule has 0 radical (unpaired) electrons. The average molecular weight is 435 g/mol. The number of carbonyl (C=O) groups excluding carboxylic acids is 2. The lowest BCUT2D eigenvalue weighted by molar-refractivity contribution is -0.130. The predicted molar refractivity (Wildman–Crippen MR) is 122 cm³/mol. The van der Waals surface area contributed by atoms with Gasteiger partial charge in [0.05, 0.1) is 11.4 Å². The molecule has 1 aliphatic rings. The molecule has 2 amide bonds. The fourth-order valence-corrected chi connectivity index (χ4v) is 4.08. The van der Waals surface area contributed by atoms with Crippen LogP contribution in [0.4, 0.5) is 10.2 Å². The van der Waals surface area contributed by atoms with Gasteiger partial charge >= 0.3 is 0 Å². The van der Waals surface area contributed by atoms with Crippen LogP contribution in [0.1, 0.15) is 37.8 Å². The SMILES string of the molecule is Cc1nn(-c2ccc(F)cc2)c(NC(=O)CCCC(=O)N2CCCC2)c1-c1ccccc1. The van der Waals surface area contributed by atoms with E-state index in [2.05, 4.69) is 10.4 Å². The Balaban J connectivity index is 1.54. The van der Waals surface area contributed by atoms with Gasteiger partial charge in [-0.1, -0.05) is 30.3 Å². The van der Waals surface area contributed by atoms with Crippen LogP contribution in [0.15, 0.2) is 54.6 Å². The van der Waals surface area contributed by atoms with E-state index >= 15 is 0 Å². The number of nitrogens with zero attached hydrogens (tertiary/aromatic N) is 3. The van der Waals surface area contributed by atoms with Gasteiger partial charge in [-0.05, 0) is 56.0 Å². The molecule has 0 aliphatic carbocycles. The highest BCUT2D eigenvalue weighted by Crippen LogP contribution is 2.33. The lowest BCUT2D eigenvalue weighted by Crippen LogP contribution is -2.27. The van der Waals surface area contributed by atoms with E-state index in [0.717, 1.165) is 42.8 Å². The third-order valence-corrected chi connectivity index (χ3v) is 5.71. The van der Waals surface area contributed by atoms with E-state index in [4.69, 9.17) is 0 Å². The maximum absolute atomic E-state index is 13.4. The van der Waals surface area contributed by atoms with Crippen molar-refractivity contribution in [3.8, 4) is 16.8 Å². The first-order chi connectivity index (χ1) is 15.5. The van der Waals surface area contributed by atoms with Crippen LogP contribution in [0.2, 0.25) is 0 Å². The Kier molecular flexibility index (Phi) is 6.63. The van der Waals surface area contributed by atoms with E-state index in [1.165, 1.54) is 12.1 Å². The molecule has 1 aromatic heterocycles. The lowest BCUT2D eigenvalue weighted by Gasteiger charge is -2.15. The molecule has 1 fully saturated rings. The third-order valence-electron chi connectivity index (χ3n) is 5.71. The van der Waals surface area contributed by atoms with Gasteiger partial charge in [0.15, 0.2) is 0 Å². The quantitative estimate of drug-likeness (QED) is 0.585.